The Morgan fingerprint density at radius 2 is 1.95 bits per heavy atom. The van der Waals surface area contributed by atoms with Gasteiger partial charge in [0.05, 0.1) is 18.1 Å². The summed E-state index contributed by atoms with van der Waals surface area (Å²) in [6.45, 7) is 1.74. The molecule has 0 radical (unpaired) electrons. The highest BCUT2D eigenvalue weighted by atomic mass is 19.1. The maximum absolute atomic E-state index is 13.4. The largest absolute Gasteiger partial charge is 0.496 e. The second-order valence-corrected chi connectivity index (χ2v) is 4.50. The summed E-state index contributed by atoms with van der Waals surface area (Å²) in [6, 6.07) is 8.90. The Morgan fingerprint density at radius 3 is 2.57 bits per heavy atom. The second kappa shape index (κ2) is 6.21. The molecule has 0 aliphatic heterocycles. The van der Waals surface area contributed by atoms with E-state index in [-0.39, 0.29) is 18.1 Å². The van der Waals surface area contributed by atoms with Gasteiger partial charge in [0.15, 0.2) is 0 Å². The molecule has 21 heavy (non-hydrogen) atoms. The van der Waals surface area contributed by atoms with Crippen LogP contribution in [0.2, 0.25) is 0 Å². The predicted molar refractivity (Wildman–Crippen MR) is 75.1 cm³/mol. The smallest absolute Gasteiger partial charge is 0.273 e. The maximum Gasteiger partial charge on any atom is 0.273 e. The van der Waals surface area contributed by atoms with Crippen LogP contribution in [0.25, 0.3) is 0 Å². The monoisotopic (exact) mass is 291 g/mol. The summed E-state index contributed by atoms with van der Waals surface area (Å²) in [6.07, 6.45) is 0. The molecule has 0 atom stereocenters. The zero-order chi connectivity index (χ0) is 15.4. The van der Waals surface area contributed by atoms with Crippen LogP contribution < -0.4 is 9.47 Å². The fraction of sp³-hybridized carbons (Fsp3) is 0.200. The van der Waals surface area contributed by atoms with Gasteiger partial charge in [0.25, 0.3) is 5.69 Å². The van der Waals surface area contributed by atoms with Crippen LogP contribution >= 0.6 is 0 Å². The molecule has 5 nitrogen and oxygen atoms in total. The van der Waals surface area contributed by atoms with Gasteiger partial charge in [0.1, 0.15) is 23.9 Å². The number of halogens is 1. The Bertz CT molecular complexity index is 673. The van der Waals surface area contributed by atoms with Crippen LogP contribution in [-0.2, 0) is 6.61 Å². The number of rotatable bonds is 5. The van der Waals surface area contributed by atoms with E-state index in [2.05, 4.69) is 0 Å². The first-order valence-corrected chi connectivity index (χ1v) is 6.21. The summed E-state index contributed by atoms with van der Waals surface area (Å²) in [4.78, 5) is 10.3. The summed E-state index contributed by atoms with van der Waals surface area (Å²) in [5.74, 6) is 0.380. The van der Waals surface area contributed by atoms with Crippen molar-refractivity contribution in [3.8, 4) is 11.5 Å². The SMILES string of the molecule is COc1cc(COc2ccc(C)c(F)c2)cc([N+](=O)[O-])c1. The molecule has 0 N–H and O–H groups in total. The number of methoxy groups -OCH3 is 1. The van der Waals surface area contributed by atoms with Gasteiger partial charge in [-0.15, -0.1) is 0 Å². The minimum Gasteiger partial charge on any atom is -0.496 e. The average Bonchev–Trinajstić information content (AvgIpc) is 2.48. The van der Waals surface area contributed by atoms with E-state index < -0.39 is 4.92 Å². The van der Waals surface area contributed by atoms with E-state index in [4.69, 9.17) is 9.47 Å². The van der Waals surface area contributed by atoms with Gasteiger partial charge in [-0.3, -0.25) is 10.1 Å². The van der Waals surface area contributed by atoms with Crippen molar-refractivity contribution in [1.82, 2.24) is 0 Å². The number of nitro groups is 1. The fourth-order valence-electron chi connectivity index (χ4n) is 1.78. The lowest BCUT2D eigenvalue weighted by Crippen LogP contribution is -1.99. The molecular weight excluding hydrogens is 277 g/mol. The fourth-order valence-corrected chi connectivity index (χ4v) is 1.78. The number of hydrogen-bond donors (Lipinski definition) is 0. The molecule has 0 fully saturated rings. The van der Waals surface area contributed by atoms with Crippen LogP contribution in [0.15, 0.2) is 36.4 Å². The number of hydrogen-bond acceptors (Lipinski definition) is 4. The molecule has 0 aromatic heterocycles. The molecule has 2 aromatic carbocycles. The Labute approximate surface area is 121 Å². The molecule has 0 saturated carbocycles. The molecular formula is C15H14FNO4. The van der Waals surface area contributed by atoms with Crippen molar-refractivity contribution in [2.75, 3.05) is 7.11 Å². The van der Waals surface area contributed by atoms with E-state index >= 15 is 0 Å². The van der Waals surface area contributed by atoms with E-state index in [0.717, 1.165) is 0 Å². The minimum absolute atomic E-state index is 0.0805. The van der Waals surface area contributed by atoms with E-state index in [0.29, 0.717) is 22.6 Å². The topological polar surface area (TPSA) is 61.6 Å². The first-order valence-electron chi connectivity index (χ1n) is 6.21. The van der Waals surface area contributed by atoms with Crippen molar-refractivity contribution in [2.24, 2.45) is 0 Å². The molecule has 0 amide bonds. The van der Waals surface area contributed by atoms with Gasteiger partial charge < -0.3 is 9.47 Å². The van der Waals surface area contributed by atoms with Crippen LogP contribution in [0.4, 0.5) is 10.1 Å². The van der Waals surface area contributed by atoms with Gasteiger partial charge >= 0.3 is 0 Å². The summed E-state index contributed by atoms with van der Waals surface area (Å²) in [5, 5.41) is 10.8. The first-order chi connectivity index (χ1) is 9.99. The Balaban J connectivity index is 2.17. The molecule has 6 heteroatoms. The normalized spacial score (nSPS) is 10.2. The van der Waals surface area contributed by atoms with Gasteiger partial charge in [0.2, 0.25) is 0 Å². The second-order valence-electron chi connectivity index (χ2n) is 4.50. The Morgan fingerprint density at radius 1 is 1.19 bits per heavy atom. The molecule has 2 rings (SSSR count). The number of nitro benzene ring substituents is 1. The number of aryl methyl sites for hydroxylation is 1. The van der Waals surface area contributed by atoms with E-state index in [1.165, 1.54) is 25.3 Å². The molecule has 2 aromatic rings. The van der Waals surface area contributed by atoms with Gasteiger partial charge in [-0.2, -0.15) is 0 Å². The van der Waals surface area contributed by atoms with E-state index in [1.54, 1.807) is 25.1 Å². The zero-order valence-corrected chi connectivity index (χ0v) is 11.6. The van der Waals surface area contributed by atoms with Gasteiger partial charge in [-0.05, 0) is 30.2 Å². The molecule has 110 valence electrons. The van der Waals surface area contributed by atoms with Crippen LogP contribution in [0.5, 0.6) is 11.5 Å². The van der Waals surface area contributed by atoms with Gasteiger partial charge in [0, 0.05) is 12.1 Å². The zero-order valence-electron chi connectivity index (χ0n) is 11.6. The Kier molecular flexibility index (Phi) is 4.37. The van der Waals surface area contributed by atoms with Crippen molar-refractivity contribution in [2.45, 2.75) is 13.5 Å². The number of ether oxygens (including phenoxy) is 2. The van der Waals surface area contributed by atoms with E-state index in [1.807, 2.05) is 0 Å². The lowest BCUT2D eigenvalue weighted by atomic mass is 10.2. The molecule has 0 aliphatic rings. The van der Waals surface area contributed by atoms with Gasteiger partial charge in [-0.1, -0.05) is 6.07 Å². The highest BCUT2D eigenvalue weighted by molar-refractivity contribution is 5.42. The van der Waals surface area contributed by atoms with E-state index in [9.17, 15) is 14.5 Å². The Hall–Kier alpha value is -2.63. The quantitative estimate of drug-likeness (QED) is 0.623. The summed E-state index contributed by atoms with van der Waals surface area (Å²) >= 11 is 0. The van der Waals surface area contributed by atoms with Crippen molar-refractivity contribution in [1.29, 1.82) is 0 Å². The lowest BCUT2D eigenvalue weighted by molar-refractivity contribution is -0.385. The third-order valence-corrected chi connectivity index (χ3v) is 2.95. The summed E-state index contributed by atoms with van der Waals surface area (Å²) < 4.78 is 23.9. The van der Waals surface area contributed by atoms with Crippen molar-refractivity contribution < 1.29 is 18.8 Å². The maximum atomic E-state index is 13.4. The van der Waals surface area contributed by atoms with Crippen LogP contribution in [0.3, 0.4) is 0 Å². The third-order valence-electron chi connectivity index (χ3n) is 2.95. The highest BCUT2D eigenvalue weighted by Crippen LogP contribution is 2.24. The third kappa shape index (κ3) is 3.68. The lowest BCUT2D eigenvalue weighted by Gasteiger charge is -2.08. The molecule has 0 heterocycles. The van der Waals surface area contributed by atoms with Gasteiger partial charge in [-0.25, -0.2) is 4.39 Å². The molecule has 0 saturated heterocycles. The molecule has 0 bridgehead atoms. The van der Waals surface area contributed by atoms with Crippen LogP contribution in [0.1, 0.15) is 11.1 Å². The number of non-ortho nitro benzene ring substituents is 1. The minimum atomic E-state index is -0.502. The van der Waals surface area contributed by atoms with Crippen molar-refractivity contribution in [3.63, 3.8) is 0 Å². The number of nitrogens with zero attached hydrogens (tertiary/aromatic N) is 1. The molecule has 0 spiro atoms. The summed E-state index contributed by atoms with van der Waals surface area (Å²) in [7, 11) is 1.43. The first kappa shape index (κ1) is 14.8. The van der Waals surface area contributed by atoms with Crippen molar-refractivity contribution in [3.05, 3.63) is 63.5 Å². The highest BCUT2D eigenvalue weighted by Gasteiger charge is 2.11. The average molecular weight is 291 g/mol. The van der Waals surface area contributed by atoms with Crippen molar-refractivity contribution >= 4 is 5.69 Å². The standard InChI is InChI=1S/C15H14FNO4/c1-10-3-4-13(8-15(10)16)21-9-11-5-12(17(18)19)7-14(6-11)20-2/h3-8H,9H2,1-2H3. The number of benzene rings is 2. The predicted octanol–water partition coefficient (Wildman–Crippen LogP) is 3.63. The van der Waals surface area contributed by atoms with Crippen LogP contribution in [0, 0.1) is 22.9 Å². The summed E-state index contributed by atoms with van der Waals surface area (Å²) in [5.41, 5.74) is 1.02. The molecule has 0 unspecified atom stereocenters. The molecule has 0 aliphatic carbocycles. The van der Waals surface area contributed by atoms with Crippen LogP contribution in [-0.4, -0.2) is 12.0 Å².